The van der Waals surface area contributed by atoms with Crippen LogP contribution in [0.3, 0.4) is 0 Å². The van der Waals surface area contributed by atoms with Crippen molar-refractivity contribution >= 4 is 22.6 Å². The van der Waals surface area contributed by atoms with Gasteiger partial charge in [0.1, 0.15) is 0 Å². The lowest BCUT2D eigenvalue weighted by atomic mass is 9.91. The molecule has 0 aliphatic rings. The van der Waals surface area contributed by atoms with Crippen molar-refractivity contribution in [2.75, 3.05) is 4.90 Å². The van der Waals surface area contributed by atoms with E-state index in [4.69, 9.17) is 0 Å². The van der Waals surface area contributed by atoms with Crippen LogP contribution >= 0.6 is 0 Å². The third-order valence-electron chi connectivity index (χ3n) is 7.39. The average Bonchev–Trinajstić information content (AvgIpc) is 2.99. The van der Waals surface area contributed by atoms with Gasteiger partial charge in [-0.25, -0.2) is 0 Å². The van der Waals surface area contributed by atoms with Gasteiger partial charge in [0.15, 0.2) is 0 Å². The Bertz CT molecular complexity index is 1430. The molecule has 0 N–H and O–H groups in total. The van der Waals surface area contributed by atoms with Crippen LogP contribution in [-0.4, -0.2) is 0 Å². The van der Waals surface area contributed by atoms with Gasteiger partial charge in [-0.15, -0.1) is 0 Å². The molecule has 0 radical (unpaired) electrons. The Morgan fingerprint density at radius 3 is 1.26 bits per heavy atom. The summed E-state index contributed by atoms with van der Waals surface area (Å²) in [6, 6.07) is 46.7. The second kappa shape index (κ2) is 12.0. The van der Waals surface area contributed by atoms with Gasteiger partial charge < -0.3 is 4.90 Å². The molecular weight excluding hydrogens is 470 g/mol. The number of nitrogens with zero attached hydrogens (tertiary/aromatic N) is 1. The van der Waals surface area contributed by atoms with E-state index in [1.54, 1.807) is 0 Å². The van der Waals surface area contributed by atoms with Crippen LogP contribution in [0.25, 0.3) is 11.3 Å². The standard InChI is InChI=1S/C38H37N/c1-5-30-16-24-35(25-17-30)39(36-26-18-31(6-2)19-27-36)38(34-10-8-7-9-11-34)37(32-20-12-28(3)13-21-32)33-22-14-29(4)15-23-33/h7-27H,5-6H2,1-4H3. The van der Waals surface area contributed by atoms with Crippen LogP contribution in [0.2, 0.25) is 0 Å². The molecule has 0 spiro atoms. The van der Waals surface area contributed by atoms with Gasteiger partial charge in [0.2, 0.25) is 0 Å². The van der Waals surface area contributed by atoms with E-state index in [1.165, 1.54) is 44.5 Å². The van der Waals surface area contributed by atoms with Gasteiger partial charge in [-0.1, -0.05) is 128 Å². The SMILES string of the molecule is CCc1ccc(N(C(=C(c2ccc(C)cc2)c2ccc(C)cc2)c2ccccc2)c2ccc(CC)cc2)cc1. The van der Waals surface area contributed by atoms with Gasteiger partial charge >= 0.3 is 0 Å². The van der Waals surface area contributed by atoms with Gasteiger partial charge in [0.05, 0.1) is 5.70 Å². The van der Waals surface area contributed by atoms with Crippen LogP contribution in [0.1, 0.15) is 52.8 Å². The molecule has 0 bridgehead atoms. The molecule has 0 saturated heterocycles. The summed E-state index contributed by atoms with van der Waals surface area (Å²) < 4.78 is 0. The van der Waals surface area contributed by atoms with E-state index in [0.29, 0.717) is 0 Å². The lowest BCUT2D eigenvalue weighted by Gasteiger charge is -2.31. The Kier molecular flexibility index (Phi) is 8.08. The number of rotatable bonds is 8. The molecule has 0 unspecified atom stereocenters. The van der Waals surface area contributed by atoms with Crippen molar-refractivity contribution in [1.29, 1.82) is 0 Å². The first-order chi connectivity index (χ1) is 19.1. The van der Waals surface area contributed by atoms with Crippen molar-refractivity contribution in [3.63, 3.8) is 0 Å². The third kappa shape index (κ3) is 5.89. The van der Waals surface area contributed by atoms with E-state index in [9.17, 15) is 0 Å². The third-order valence-corrected chi connectivity index (χ3v) is 7.39. The molecule has 5 aromatic carbocycles. The summed E-state index contributed by atoms with van der Waals surface area (Å²) in [7, 11) is 0. The predicted octanol–water partition coefficient (Wildman–Crippen LogP) is 10.2. The molecule has 0 saturated carbocycles. The highest BCUT2D eigenvalue weighted by Crippen LogP contribution is 2.42. The Morgan fingerprint density at radius 2 is 0.872 bits per heavy atom. The summed E-state index contributed by atoms with van der Waals surface area (Å²) >= 11 is 0. The molecule has 39 heavy (non-hydrogen) atoms. The van der Waals surface area contributed by atoms with Crippen molar-refractivity contribution in [3.05, 3.63) is 166 Å². The first-order valence-electron chi connectivity index (χ1n) is 14.0. The van der Waals surface area contributed by atoms with Crippen LogP contribution in [0, 0.1) is 13.8 Å². The number of benzene rings is 5. The Morgan fingerprint density at radius 1 is 0.462 bits per heavy atom. The smallest absolute Gasteiger partial charge is 0.0618 e. The number of anilines is 2. The van der Waals surface area contributed by atoms with Crippen molar-refractivity contribution < 1.29 is 0 Å². The molecule has 0 heterocycles. The predicted molar refractivity (Wildman–Crippen MR) is 168 cm³/mol. The average molecular weight is 508 g/mol. The molecule has 194 valence electrons. The van der Waals surface area contributed by atoms with Crippen LogP contribution < -0.4 is 4.90 Å². The van der Waals surface area contributed by atoms with Crippen LogP contribution in [0.5, 0.6) is 0 Å². The summed E-state index contributed by atoms with van der Waals surface area (Å²) in [5.41, 5.74) is 13.4. The minimum atomic E-state index is 1.02. The van der Waals surface area contributed by atoms with E-state index in [1.807, 2.05) is 0 Å². The molecule has 0 fully saturated rings. The summed E-state index contributed by atoms with van der Waals surface area (Å²) in [6.07, 6.45) is 2.04. The van der Waals surface area contributed by atoms with Crippen LogP contribution in [-0.2, 0) is 12.8 Å². The van der Waals surface area contributed by atoms with Crippen molar-refractivity contribution in [2.45, 2.75) is 40.5 Å². The highest BCUT2D eigenvalue weighted by atomic mass is 15.2. The molecular formula is C38H37N. The minimum Gasteiger partial charge on any atom is -0.309 e. The van der Waals surface area contributed by atoms with Gasteiger partial charge in [0.25, 0.3) is 0 Å². The van der Waals surface area contributed by atoms with Gasteiger partial charge in [-0.2, -0.15) is 0 Å². The second-order valence-electron chi connectivity index (χ2n) is 10.2. The summed E-state index contributed by atoms with van der Waals surface area (Å²) in [4.78, 5) is 2.43. The Hall–Kier alpha value is -4.36. The van der Waals surface area contributed by atoms with Gasteiger partial charge in [-0.3, -0.25) is 0 Å². The normalized spacial score (nSPS) is 10.8. The van der Waals surface area contributed by atoms with E-state index in [2.05, 4.69) is 160 Å². The summed E-state index contributed by atoms with van der Waals surface area (Å²) in [6.45, 7) is 8.71. The van der Waals surface area contributed by atoms with E-state index < -0.39 is 0 Å². The largest absolute Gasteiger partial charge is 0.309 e. The maximum Gasteiger partial charge on any atom is 0.0618 e. The van der Waals surface area contributed by atoms with Crippen LogP contribution in [0.15, 0.2) is 127 Å². The number of aryl methyl sites for hydroxylation is 4. The molecule has 0 atom stereocenters. The Balaban J connectivity index is 1.88. The second-order valence-corrected chi connectivity index (χ2v) is 10.2. The maximum atomic E-state index is 2.43. The van der Waals surface area contributed by atoms with E-state index in [0.717, 1.165) is 29.9 Å². The fourth-order valence-electron chi connectivity index (χ4n) is 5.03. The zero-order valence-electron chi connectivity index (χ0n) is 23.5. The quantitative estimate of drug-likeness (QED) is 0.189. The van der Waals surface area contributed by atoms with E-state index >= 15 is 0 Å². The first-order valence-corrected chi connectivity index (χ1v) is 14.0. The fourth-order valence-corrected chi connectivity index (χ4v) is 5.03. The molecule has 1 nitrogen and oxygen atoms in total. The highest BCUT2D eigenvalue weighted by Gasteiger charge is 2.23. The lowest BCUT2D eigenvalue weighted by molar-refractivity contribution is 1.13. The molecule has 5 rings (SSSR count). The zero-order chi connectivity index (χ0) is 27.2. The monoisotopic (exact) mass is 507 g/mol. The molecule has 0 aliphatic heterocycles. The van der Waals surface area contributed by atoms with Crippen molar-refractivity contribution in [3.8, 4) is 0 Å². The lowest BCUT2D eigenvalue weighted by Crippen LogP contribution is -2.18. The molecule has 5 aromatic rings. The minimum absolute atomic E-state index is 1.02. The van der Waals surface area contributed by atoms with Gasteiger partial charge in [-0.05, 0) is 78.8 Å². The van der Waals surface area contributed by atoms with E-state index in [-0.39, 0.29) is 0 Å². The van der Waals surface area contributed by atoms with Crippen molar-refractivity contribution in [2.24, 2.45) is 0 Å². The highest BCUT2D eigenvalue weighted by molar-refractivity contribution is 6.06. The molecule has 0 aromatic heterocycles. The molecule has 0 amide bonds. The fraction of sp³-hybridized carbons (Fsp3) is 0.158. The number of hydrogen-bond donors (Lipinski definition) is 0. The zero-order valence-corrected chi connectivity index (χ0v) is 23.5. The summed E-state index contributed by atoms with van der Waals surface area (Å²) in [5, 5.41) is 0. The van der Waals surface area contributed by atoms with Crippen molar-refractivity contribution in [1.82, 2.24) is 0 Å². The summed E-state index contributed by atoms with van der Waals surface area (Å²) in [5.74, 6) is 0. The first kappa shape index (κ1) is 26.3. The van der Waals surface area contributed by atoms with Gasteiger partial charge in [0, 0.05) is 16.9 Å². The molecule has 1 heteroatoms. The number of hydrogen-bond acceptors (Lipinski definition) is 1. The molecule has 0 aliphatic carbocycles. The topological polar surface area (TPSA) is 3.24 Å². The maximum absolute atomic E-state index is 2.43. The Labute approximate surface area is 234 Å². The van der Waals surface area contributed by atoms with Crippen LogP contribution in [0.4, 0.5) is 11.4 Å².